The van der Waals surface area contributed by atoms with Crippen LogP contribution in [-0.2, 0) is 0 Å². The molecule has 74 valence electrons. The predicted molar refractivity (Wildman–Crippen MR) is 64.8 cm³/mol. The molecule has 1 heterocycles. The molecule has 0 bridgehead atoms. The number of hydrogen-bond donors (Lipinski definition) is 1. The highest BCUT2D eigenvalue weighted by Gasteiger charge is 2.11. The van der Waals surface area contributed by atoms with E-state index in [1.54, 1.807) is 0 Å². The molecule has 0 saturated heterocycles. The fraction of sp³-hybridized carbons (Fsp3) is 0.333. The molecule has 1 nitrogen and oxygen atoms in total. The lowest BCUT2D eigenvalue weighted by atomic mass is 10.00. The lowest BCUT2D eigenvalue weighted by Gasteiger charge is -2.04. The molecule has 0 fully saturated rings. The van der Waals surface area contributed by atoms with Gasteiger partial charge in [-0.3, -0.25) is 0 Å². The molecule has 0 saturated carbocycles. The van der Waals surface area contributed by atoms with Crippen LogP contribution in [0.2, 0.25) is 0 Å². The molecular formula is C12H14BrN. The van der Waals surface area contributed by atoms with Crippen LogP contribution in [0.3, 0.4) is 0 Å². The number of benzene rings is 1. The van der Waals surface area contributed by atoms with Crippen molar-refractivity contribution in [1.29, 1.82) is 0 Å². The van der Waals surface area contributed by atoms with Gasteiger partial charge in [0.15, 0.2) is 0 Å². The van der Waals surface area contributed by atoms with Crippen molar-refractivity contribution >= 4 is 26.8 Å². The van der Waals surface area contributed by atoms with Gasteiger partial charge >= 0.3 is 0 Å². The third-order valence-electron chi connectivity index (χ3n) is 2.58. The van der Waals surface area contributed by atoms with Gasteiger partial charge < -0.3 is 4.98 Å². The maximum absolute atomic E-state index is 3.48. The van der Waals surface area contributed by atoms with E-state index in [1.165, 1.54) is 22.2 Å². The van der Waals surface area contributed by atoms with E-state index < -0.39 is 0 Å². The summed E-state index contributed by atoms with van der Waals surface area (Å²) in [5.74, 6) is 0.574. The Labute approximate surface area is 92.6 Å². The highest BCUT2D eigenvalue weighted by Crippen LogP contribution is 2.30. The fourth-order valence-electron chi connectivity index (χ4n) is 2.07. The van der Waals surface area contributed by atoms with Gasteiger partial charge in [0.05, 0.1) is 0 Å². The summed E-state index contributed by atoms with van der Waals surface area (Å²) in [7, 11) is 0. The molecule has 14 heavy (non-hydrogen) atoms. The molecule has 2 rings (SSSR count). The predicted octanol–water partition coefficient (Wildman–Crippen LogP) is 4.36. The van der Waals surface area contributed by atoms with Crippen molar-refractivity contribution in [2.45, 2.75) is 26.7 Å². The standard InChI is InChI=1S/C12H14BrN/c1-7(2)12-8(3)14-11-6-9(13)4-5-10(11)12/h4-7,14H,1-3H3. The van der Waals surface area contributed by atoms with Gasteiger partial charge in [-0.15, -0.1) is 0 Å². The van der Waals surface area contributed by atoms with Crippen LogP contribution < -0.4 is 0 Å². The molecule has 0 amide bonds. The average molecular weight is 252 g/mol. The summed E-state index contributed by atoms with van der Waals surface area (Å²) < 4.78 is 1.13. The second-order valence-electron chi connectivity index (χ2n) is 4.01. The van der Waals surface area contributed by atoms with Gasteiger partial charge in [-0.2, -0.15) is 0 Å². The van der Waals surface area contributed by atoms with E-state index in [9.17, 15) is 0 Å². The van der Waals surface area contributed by atoms with Crippen LogP contribution in [-0.4, -0.2) is 4.98 Å². The third-order valence-corrected chi connectivity index (χ3v) is 3.07. The Hall–Kier alpha value is -0.760. The van der Waals surface area contributed by atoms with Crippen molar-refractivity contribution in [3.8, 4) is 0 Å². The maximum Gasteiger partial charge on any atom is 0.0470 e. The van der Waals surface area contributed by atoms with Gasteiger partial charge in [0.1, 0.15) is 0 Å². The first-order valence-corrected chi connectivity index (χ1v) is 5.66. The lowest BCUT2D eigenvalue weighted by Crippen LogP contribution is -1.87. The van der Waals surface area contributed by atoms with Crippen LogP contribution in [0.15, 0.2) is 22.7 Å². The number of hydrogen-bond acceptors (Lipinski definition) is 0. The van der Waals surface area contributed by atoms with Gasteiger partial charge in [-0.1, -0.05) is 35.8 Å². The lowest BCUT2D eigenvalue weighted by molar-refractivity contribution is 0.864. The molecular weight excluding hydrogens is 238 g/mol. The normalized spacial score (nSPS) is 11.5. The number of aromatic amines is 1. The zero-order valence-corrected chi connectivity index (χ0v) is 10.3. The Morgan fingerprint density at radius 2 is 2.00 bits per heavy atom. The Balaban J connectivity index is 2.77. The van der Waals surface area contributed by atoms with Gasteiger partial charge in [0.25, 0.3) is 0 Å². The summed E-state index contributed by atoms with van der Waals surface area (Å²) >= 11 is 3.48. The zero-order chi connectivity index (χ0) is 10.3. The summed E-state index contributed by atoms with van der Waals surface area (Å²) in [6.45, 7) is 6.61. The number of aromatic nitrogens is 1. The van der Waals surface area contributed by atoms with Crippen LogP contribution in [0.5, 0.6) is 0 Å². The highest BCUT2D eigenvalue weighted by molar-refractivity contribution is 9.10. The second-order valence-corrected chi connectivity index (χ2v) is 4.92. The van der Waals surface area contributed by atoms with Crippen molar-refractivity contribution < 1.29 is 0 Å². The maximum atomic E-state index is 3.48. The molecule has 0 radical (unpaired) electrons. The van der Waals surface area contributed by atoms with Crippen LogP contribution in [0.4, 0.5) is 0 Å². The molecule has 0 atom stereocenters. The Morgan fingerprint density at radius 3 is 2.64 bits per heavy atom. The molecule has 1 N–H and O–H groups in total. The molecule has 1 aromatic carbocycles. The molecule has 1 aromatic heterocycles. The van der Waals surface area contributed by atoms with Crippen LogP contribution in [0.1, 0.15) is 31.0 Å². The molecule has 0 aliphatic carbocycles. The molecule has 0 unspecified atom stereocenters. The van der Waals surface area contributed by atoms with E-state index in [0.29, 0.717) is 5.92 Å². The summed E-state index contributed by atoms with van der Waals surface area (Å²) in [5, 5.41) is 1.35. The molecule has 0 aliphatic heterocycles. The van der Waals surface area contributed by atoms with E-state index in [4.69, 9.17) is 0 Å². The molecule has 0 aliphatic rings. The fourth-order valence-corrected chi connectivity index (χ4v) is 2.43. The number of halogens is 1. The van der Waals surface area contributed by atoms with Crippen molar-refractivity contribution in [2.24, 2.45) is 0 Å². The zero-order valence-electron chi connectivity index (χ0n) is 8.69. The first-order valence-electron chi connectivity index (χ1n) is 4.87. The first kappa shape index (κ1) is 9.78. The molecule has 2 aromatic rings. The SMILES string of the molecule is Cc1[nH]c2cc(Br)ccc2c1C(C)C. The van der Waals surface area contributed by atoms with Gasteiger partial charge in [-0.05, 0) is 30.5 Å². The minimum absolute atomic E-state index is 0.574. The summed E-state index contributed by atoms with van der Waals surface area (Å²) in [4.78, 5) is 3.42. The monoisotopic (exact) mass is 251 g/mol. The smallest absolute Gasteiger partial charge is 0.0470 e. The van der Waals surface area contributed by atoms with Gasteiger partial charge in [0, 0.05) is 21.1 Å². The molecule has 0 spiro atoms. The van der Waals surface area contributed by atoms with Crippen LogP contribution >= 0.6 is 15.9 Å². The van der Waals surface area contributed by atoms with Crippen molar-refractivity contribution in [3.63, 3.8) is 0 Å². The summed E-state index contributed by atoms with van der Waals surface area (Å²) in [6.07, 6.45) is 0. The quantitative estimate of drug-likeness (QED) is 0.776. The summed E-state index contributed by atoms with van der Waals surface area (Å²) in [6, 6.07) is 6.41. The van der Waals surface area contributed by atoms with E-state index in [-0.39, 0.29) is 0 Å². The van der Waals surface area contributed by atoms with Crippen molar-refractivity contribution in [3.05, 3.63) is 33.9 Å². The largest absolute Gasteiger partial charge is 0.358 e. The van der Waals surface area contributed by atoms with E-state index in [0.717, 1.165) is 4.47 Å². The van der Waals surface area contributed by atoms with Crippen molar-refractivity contribution in [1.82, 2.24) is 4.98 Å². The Kier molecular flexibility index (Phi) is 2.40. The molecule has 2 heteroatoms. The highest BCUT2D eigenvalue weighted by atomic mass is 79.9. The van der Waals surface area contributed by atoms with E-state index in [1.807, 2.05) is 0 Å². The van der Waals surface area contributed by atoms with Crippen molar-refractivity contribution in [2.75, 3.05) is 0 Å². The topological polar surface area (TPSA) is 15.8 Å². The Morgan fingerprint density at radius 1 is 1.29 bits per heavy atom. The number of fused-ring (bicyclic) bond motifs is 1. The summed E-state index contributed by atoms with van der Waals surface area (Å²) in [5.41, 5.74) is 3.95. The number of aryl methyl sites for hydroxylation is 1. The Bertz CT molecular complexity index is 468. The number of H-pyrrole nitrogens is 1. The van der Waals surface area contributed by atoms with Crippen LogP contribution in [0.25, 0.3) is 10.9 Å². The number of rotatable bonds is 1. The second kappa shape index (κ2) is 3.43. The van der Waals surface area contributed by atoms with E-state index >= 15 is 0 Å². The number of nitrogens with one attached hydrogen (secondary N) is 1. The van der Waals surface area contributed by atoms with Gasteiger partial charge in [-0.25, -0.2) is 0 Å². The van der Waals surface area contributed by atoms with Gasteiger partial charge in [0.2, 0.25) is 0 Å². The minimum atomic E-state index is 0.574. The average Bonchev–Trinajstić information content (AvgIpc) is 2.39. The third kappa shape index (κ3) is 1.48. The first-order chi connectivity index (χ1) is 6.59. The van der Waals surface area contributed by atoms with E-state index in [2.05, 4.69) is 59.9 Å². The van der Waals surface area contributed by atoms with Crippen LogP contribution in [0, 0.1) is 6.92 Å². The minimum Gasteiger partial charge on any atom is -0.358 e.